The molecule has 1 rings (SSSR count). The summed E-state index contributed by atoms with van der Waals surface area (Å²) in [5, 5.41) is 0.374. The quantitative estimate of drug-likeness (QED) is 0.249. The van der Waals surface area contributed by atoms with Gasteiger partial charge in [-0.05, 0) is 66.8 Å². The van der Waals surface area contributed by atoms with Crippen LogP contribution < -0.4 is 4.74 Å². The minimum Gasteiger partial charge on any atom is -0.497 e. The normalized spacial score (nSPS) is 16.3. The molecule has 0 aromatic heterocycles. The van der Waals surface area contributed by atoms with Crippen LogP contribution in [0, 0.1) is 5.92 Å². The first-order valence-corrected chi connectivity index (χ1v) is 18.8. The van der Waals surface area contributed by atoms with Gasteiger partial charge in [0.2, 0.25) is 0 Å². The second-order valence-corrected chi connectivity index (χ2v) is 22.3. The van der Waals surface area contributed by atoms with Crippen LogP contribution in [-0.4, -0.2) is 42.6 Å². The summed E-state index contributed by atoms with van der Waals surface area (Å²) in [6, 6.07) is 8.13. The fourth-order valence-corrected chi connectivity index (χ4v) is 5.94. The molecular weight excluding hydrogens is 456 g/mol. The first kappa shape index (κ1) is 31.4. The van der Waals surface area contributed by atoms with E-state index < -0.39 is 16.6 Å². The van der Waals surface area contributed by atoms with Crippen LogP contribution in [0.5, 0.6) is 5.75 Å². The highest BCUT2D eigenvalue weighted by atomic mass is 28.4. The van der Waals surface area contributed by atoms with E-state index >= 15 is 0 Å². The molecule has 6 heteroatoms. The van der Waals surface area contributed by atoms with Crippen LogP contribution in [0.15, 0.2) is 24.3 Å². The van der Waals surface area contributed by atoms with Gasteiger partial charge < -0.3 is 18.3 Å². The number of methoxy groups -OCH3 is 1. The van der Waals surface area contributed by atoms with Gasteiger partial charge in [0.05, 0.1) is 25.9 Å². The molecule has 0 aliphatic rings. The Kier molecular flexibility index (Phi) is 11.6. The molecule has 1 aromatic rings. The van der Waals surface area contributed by atoms with Crippen LogP contribution >= 0.6 is 0 Å². The molecule has 4 nitrogen and oxygen atoms in total. The molecule has 3 atom stereocenters. The first-order chi connectivity index (χ1) is 15.4. The number of hydrogen-bond acceptors (Lipinski definition) is 4. The van der Waals surface area contributed by atoms with Crippen LogP contribution in [-0.2, 0) is 20.2 Å². The van der Waals surface area contributed by atoms with Crippen molar-refractivity contribution < 1.29 is 18.3 Å². The lowest BCUT2D eigenvalue weighted by molar-refractivity contribution is -0.0406. The van der Waals surface area contributed by atoms with E-state index in [9.17, 15) is 0 Å². The Morgan fingerprint density at radius 2 is 1.35 bits per heavy atom. The fourth-order valence-electron chi connectivity index (χ4n) is 3.44. The zero-order valence-corrected chi connectivity index (χ0v) is 26.5. The minimum absolute atomic E-state index is 0.117. The van der Waals surface area contributed by atoms with Crippen molar-refractivity contribution in [2.45, 2.75) is 123 Å². The minimum atomic E-state index is -1.93. The highest BCUT2D eigenvalue weighted by molar-refractivity contribution is 6.74. The number of benzene rings is 1. The number of rotatable bonds is 13. The van der Waals surface area contributed by atoms with Gasteiger partial charge in [-0.1, -0.05) is 67.5 Å². The molecule has 0 spiro atoms. The third-order valence-corrected chi connectivity index (χ3v) is 17.2. The molecule has 0 bridgehead atoms. The van der Waals surface area contributed by atoms with E-state index in [2.05, 4.69) is 93.7 Å². The topological polar surface area (TPSA) is 36.9 Å². The van der Waals surface area contributed by atoms with Gasteiger partial charge in [0.25, 0.3) is 0 Å². The van der Waals surface area contributed by atoms with Crippen molar-refractivity contribution in [3.63, 3.8) is 0 Å². The van der Waals surface area contributed by atoms with Gasteiger partial charge in [-0.15, -0.1) is 0 Å². The molecule has 0 fully saturated rings. The summed E-state index contributed by atoms with van der Waals surface area (Å²) < 4.78 is 25.3. The molecule has 0 heterocycles. The lowest BCUT2D eigenvalue weighted by Gasteiger charge is -2.43. The summed E-state index contributed by atoms with van der Waals surface area (Å²) in [6.45, 7) is 29.0. The molecule has 0 N–H and O–H groups in total. The van der Waals surface area contributed by atoms with Crippen molar-refractivity contribution in [2.24, 2.45) is 5.92 Å². The highest BCUT2D eigenvalue weighted by Gasteiger charge is 2.42. The molecule has 0 saturated heterocycles. The molecule has 0 unspecified atom stereocenters. The van der Waals surface area contributed by atoms with Crippen molar-refractivity contribution in [3.05, 3.63) is 29.8 Å². The summed E-state index contributed by atoms with van der Waals surface area (Å²) in [7, 11) is -2.03. The van der Waals surface area contributed by atoms with Crippen LogP contribution in [0.2, 0.25) is 36.3 Å². The smallest absolute Gasteiger partial charge is 0.192 e. The summed E-state index contributed by atoms with van der Waals surface area (Å²) in [4.78, 5) is 0. The zero-order chi connectivity index (χ0) is 26.4. The summed E-state index contributed by atoms with van der Waals surface area (Å²) in [6.07, 6.45) is 2.11. The van der Waals surface area contributed by atoms with Crippen LogP contribution in [0.1, 0.15) is 73.8 Å². The lowest BCUT2D eigenvalue weighted by Crippen LogP contribution is -2.48. The molecule has 0 radical (unpaired) electrons. The maximum atomic E-state index is 7.01. The Morgan fingerprint density at radius 1 is 0.824 bits per heavy atom. The third kappa shape index (κ3) is 9.09. The van der Waals surface area contributed by atoms with Gasteiger partial charge in [-0.2, -0.15) is 0 Å². The Labute approximate surface area is 213 Å². The summed E-state index contributed by atoms with van der Waals surface area (Å²) in [5.74, 6) is 1.15. The van der Waals surface area contributed by atoms with E-state index in [0.29, 0.717) is 6.61 Å². The Hall–Kier alpha value is -0.666. The second kappa shape index (κ2) is 12.5. The Bertz CT molecular complexity index is 717. The van der Waals surface area contributed by atoms with Gasteiger partial charge in [0.15, 0.2) is 16.6 Å². The van der Waals surface area contributed by atoms with Gasteiger partial charge >= 0.3 is 0 Å². The van der Waals surface area contributed by atoms with Crippen molar-refractivity contribution in [3.8, 4) is 5.75 Å². The molecule has 1 aromatic carbocycles. The van der Waals surface area contributed by atoms with E-state index in [1.54, 1.807) is 7.11 Å². The molecule has 0 amide bonds. The predicted molar refractivity (Wildman–Crippen MR) is 151 cm³/mol. The lowest BCUT2D eigenvalue weighted by atomic mass is 9.94. The third-order valence-electron chi connectivity index (χ3n) is 8.12. The van der Waals surface area contributed by atoms with Crippen molar-refractivity contribution in [1.29, 1.82) is 0 Å². The average Bonchev–Trinajstić information content (AvgIpc) is 2.71. The zero-order valence-electron chi connectivity index (χ0n) is 24.5. The maximum absolute atomic E-state index is 7.01. The van der Waals surface area contributed by atoms with E-state index in [-0.39, 0.29) is 28.2 Å². The molecule has 198 valence electrons. The van der Waals surface area contributed by atoms with Gasteiger partial charge in [0, 0.05) is 12.5 Å². The molecule has 0 aliphatic carbocycles. The van der Waals surface area contributed by atoms with Crippen LogP contribution in [0.25, 0.3) is 0 Å². The molecule has 0 aliphatic heterocycles. The van der Waals surface area contributed by atoms with E-state index in [0.717, 1.165) is 30.8 Å². The van der Waals surface area contributed by atoms with Gasteiger partial charge in [-0.25, -0.2) is 0 Å². The second-order valence-electron chi connectivity index (χ2n) is 12.8. The highest BCUT2D eigenvalue weighted by Crippen LogP contribution is 2.40. The van der Waals surface area contributed by atoms with Crippen LogP contribution in [0.3, 0.4) is 0 Å². The summed E-state index contributed by atoms with van der Waals surface area (Å²) in [5.41, 5.74) is 1.16. The van der Waals surface area contributed by atoms with E-state index in [1.165, 1.54) is 0 Å². The largest absolute Gasteiger partial charge is 0.497 e. The Morgan fingerprint density at radius 3 is 1.79 bits per heavy atom. The monoisotopic (exact) mass is 510 g/mol. The van der Waals surface area contributed by atoms with Crippen molar-refractivity contribution >= 4 is 16.6 Å². The predicted octanol–water partition coefficient (Wildman–Crippen LogP) is 8.43. The van der Waals surface area contributed by atoms with Crippen molar-refractivity contribution in [1.82, 2.24) is 0 Å². The first-order valence-electron chi connectivity index (χ1n) is 13.0. The number of hydrogen-bond donors (Lipinski definition) is 0. The van der Waals surface area contributed by atoms with E-state index in [4.69, 9.17) is 18.3 Å². The standard InChI is InChI=1S/C28H54O4Si2/c1-14-25(30-21-23-15-17-24(29-9)18-16-23)22(2)26(32-34(12,13)28(6,7)8)19-20-31-33(10,11)27(3,4)5/h15-18,22,25-26H,14,19-21H2,1-13H3/t22-,25+,26-/m0/s1. The molecule has 34 heavy (non-hydrogen) atoms. The van der Waals surface area contributed by atoms with Crippen LogP contribution in [0.4, 0.5) is 0 Å². The summed E-state index contributed by atoms with van der Waals surface area (Å²) >= 11 is 0. The maximum Gasteiger partial charge on any atom is 0.192 e. The van der Waals surface area contributed by atoms with Gasteiger partial charge in [-0.3, -0.25) is 0 Å². The fraction of sp³-hybridized carbons (Fsp3) is 0.786. The van der Waals surface area contributed by atoms with Gasteiger partial charge in [0.1, 0.15) is 5.75 Å². The SMILES string of the molecule is CC[C@@H](OCc1ccc(OC)cc1)[C@H](C)[C@H](CCO[Si](C)(C)C(C)(C)C)O[Si](C)(C)C(C)(C)C. The van der Waals surface area contributed by atoms with E-state index in [1.807, 2.05) is 12.1 Å². The van der Waals surface area contributed by atoms with Crippen molar-refractivity contribution in [2.75, 3.05) is 13.7 Å². The molecular formula is C28H54O4Si2. The Balaban J connectivity index is 2.97. The molecule has 0 saturated carbocycles. The average molecular weight is 511 g/mol. The number of ether oxygens (including phenoxy) is 2.